The molecule has 136 valence electrons. The predicted molar refractivity (Wildman–Crippen MR) is 86.2 cm³/mol. The monoisotopic (exact) mass is 356 g/mol. The molecule has 1 saturated heterocycles. The molecule has 2 rings (SSSR count). The van der Waals surface area contributed by atoms with E-state index in [1.54, 1.807) is 26.2 Å². The molecule has 0 aliphatic carbocycles. The predicted octanol–water partition coefficient (Wildman–Crippen LogP) is 1.55. The van der Waals surface area contributed by atoms with Gasteiger partial charge in [-0.3, -0.25) is 9.59 Å². The molecule has 9 heteroatoms. The lowest BCUT2D eigenvalue weighted by atomic mass is 10.2. The Hall–Kier alpha value is -2.58. The summed E-state index contributed by atoms with van der Waals surface area (Å²) in [5.41, 5.74) is 0.472. The van der Waals surface area contributed by atoms with Gasteiger partial charge in [-0.15, -0.1) is 0 Å². The zero-order valence-corrected chi connectivity index (χ0v) is 14.0. The highest BCUT2D eigenvalue weighted by Gasteiger charge is 2.25. The van der Waals surface area contributed by atoms with Crippen molar-refractivity contribution in [2.45, 2.75) is 6.18 Å². The quantitative estimate of drug-likeness (QED) is 0.771. The fraction of sp³-hybridized carbons (Fsp3) is 0.438. The number of aromatic nitrogens is 1. The molecule has 0 spiro atoms. The number of nitrogens with zero attached hydrogens (tertiary/aromatic N) is 4. The van der Waals surface area contributed by atoms with Crippen molar-refractivity contribution in [1.82, 2.24) is 14.8 Å². The van der Waals surface area contributed by atoms with Crippen molar-refractivity contribution in [3.05, 3.63) is 36.0 Å². The Kier molecular flexibility index (Phi) is 5.66. The molecule has 25 heavy (non-hydrogen) atoms. The zero-order valence-electron chi connectivity index (χ0n) is 14.0. The van der Waals surface area contributed by atoms with Crippen molar-refractivity contribution in [3.8, 4) is 0 Å². The van der Waals surface area contributed by atoms with Gasteiger partial charge in [0, 0.05) is 58.6 Å². The van der Waals surface area contributed by atoms with Crippen molar-refractivity contribution in [1.29, 1.82) is 0 Å². The molecule has 2 heterocycles. The fourth-order valence-electron chi connectivity index (χ4n) is 2.38. The van der Waals surface area contributed by atoms with Crippen LogP contribution in [0, 0.1) is 0 Å². The Labute approximate surface area is 143 Å². The standard InChI is InChI=1S/C16H19F3N4O2/c1-21(2)15(25)12-3-4-13(20-11-12)22-7-9-23(10-8-22)14(24)5-6-16(17,18)19/h3-6,11H,7-10H2,1-2H3. The van der Waals surface area contributed by atoms with E-state index in [1.165, 1.54) is 16.0 Å². The fourth-order valence-corrected chi connectivity index (χ4v) is 2.38. The average Bonchev–Trinajstić information content (AvgIpc) is 2.58. The Morgan fingerprint density at radius 3 is 2.28 bits per heavy atom. The molecule has 1 fully saturated rings. The van der Waals surface area contributed by atoms with Crippen LogP contribution in [-0.4, -0.2) is 73.0 Å². The van der Waals surface area contributed by atoms with Crippen LogP contribution >= 0.6 is 0 Å². The van der Waals surface area contributed by atoms with E-state index in [9.17, 15) is 22.8 Å². The summed E-state index contributed by atoms with van der Waals surface area (Å²) in [6, 6.07) is 3.39. The zero-order chi connectivity index (χ0) is 18.6. The number of hydrogen-bond acceptors (Lipinski definition) is 4. The molecule has 0 atom stereocenters. The van der Waals surface area contributed by atoms with Crippen LogP contribution in [0.25, 0.3) is 0 Å². The van der Waals surface area contributed by atoms with E-state index < -0.39 is 12.1 Å². The number of alkyl halides is 3. The molecule has 0 radical (unpaired) electrons. The molecule has 0 aromatic carbocycles. The number of rotatable bonds is 3. The summed E-state index contributed by atoms with van der Waals surface area (Å²) in [6.45, 7) is 1.53. The minimum absolute atomic E-state index is 0.0518. The topological polar surface area (TPSA) is 56.8 Å². The summed E-state index contributed by atoms with van der Waals surface area (Å²) in [7, 11) is 3.30. The van der Waals surface area contributed by atoms with Crippen molar-refractivity contribution < 1.29 is 22.8 Å². The molecule has 6 nitrogen and oxygen atoms in total. The van der Waals surface area contributed by atoms with Gasteiger partial charge in [-0.25, -0.2) is 4.98 Å². The number of halogens is 3. The molecule has 0 saturated carbocycles. The summed E-state index contributed by atoms with van der Waals surface area (Å²) in [4.78, 5) is 32.6. The Bertz CT molecular complexity index is 648. The van der Waals surface area contributed by atoms with E-state index >= 15 is 0 Å². The smallest absolute Gasteiger partial charge is 0.353 e. The van der Waals surface area contributed by atoms with Crippen LogP contribution in [0.4, 0.5) is 19.0 Å². The molecule has 2 amide bonds. The Balaban J connectivity index is 1.93. The van der Waals surface area contributed by atoms with E-state index in [-0.39, 0.29) is 12.0 Å². The highest BCUT2D eigenvalue weighted by atomic mass is 19.4. The van der Waals surface area contributed by atoms with Gasteiger partial charge in [0.25, 0.3) is 5.91 Å². The Morgan fingerprint density at radius 1 is 1.16 bits per heavy atom. The molecule has 0 N–H and O–H groups in total. The maximum atomic E-state index is 12.1. The lowest BCUT2D eigenvalue weighted by Gasteiger charge is -2.35. The van der Waals surface area contributed by atoms with Crippen molar-refractivity contribution in [2.24, 2.45) is 0 Å². The van der Waals surface area contributed by atoms with Crippen LogP contribution in [0.15, 0.2) is 30.5 Å². The van der Waals surface area contributed by atoms with Gasteiger partial charge in [-0.05, 0) is 12.1 Å². The number of piperazine rings is 1. The molecule has 0 unspecified atom stereocenters. The van der Waals surface area contributed by atoms with Gasteiger partial charge in [0.2, 0.25) is 5.91 Å². The van der Waals surface area contributed by atoms with Crippen LogP contribution in [0.3, 0.4) is 0 Å². The molecular formula is C16H19F3N4O2. The minimum Gasteiger partial charge on any atom is -0.353 e. The number of amides is 2. The number of hydrogen-bond donors (Lipinski definition) is 0. The van der Waals surface area contributed by atoms with E-state index in [2.05, 4.69) is 4.98 Å². The van der Waals surface area contributed by atoms with Crippen LogP contribution in [0.5, 0.6) is 0 Å². The second kappa shape index (κ2) is 7.54. The van der Waals surface area contributed by atoms with Gasteiger partial charge in [0.1, 0.15) is 5.82 Å². The number of pyridine rings is 1. The first-order valence-corrected chi connectivity index (χ1v) is 7.65. The SMILES string of the molecule is CN(C)C(=O)c1ccc(N2CCN(C(=O)C=CC(F)(F)F)CC2)nc1. The van der Waals surface area contributed by atoms with E-state index in [4.69, 9.17) is 0 Å². The summed E-state index contributed by atoms with van der Waals surface area (Å²) < 4.78 is 36.3. The van der Waals surface area contributed by atoms with Gasteiger partial charge in [-0.2, -0.15) is 13.2 Å². The Morgan fingerprint density at radius 2 is 1.80 bits per heavy atom. The van der Waals surface area contributed by atoms with Gasteiger partial charge in [-0.1, -0.05) is 0 Å². The summed E-state index contributed by atoms with van der Waals surface area (Å²) >= 11 is 0. The largest absolute Gasteiger partial charge is 0.409 e. The molecule has 0 bridgehead atoms. The number of carbonyl (C=O) groups is 2. The third-order valence-electron chi connectivity index (χ3n) is 3.73. The molecule has 1 aromatic rings. The average molecular weight is 356 g/mol. The lowest BCUT2D eigenvalue weighted by molar-refractivity contribution is -0.127. The maximum absolute atomic E-state index is 12.1. The highest BCUT2D eigenvalue weighted by molar-refractivity contribution is 5.93. The lowest BCUT2D eigenvalue weighted by Crippen LogP contribution is -2.48. The van der Waals surface area contributed by atoms with E-state index in [0.717, 1.165) is 0 Å². The number of allylic oxidation sites excluding steroid dienone is 1. The molecule has 1 aromatic heterocycles. The number of anilines is 1. The minimum atomic E-state index is -4.49. The van der Waals surface area contributed by atoms with Gasteiger partial charge >= 0.3 is 6.18 Å². The third kappa shape index (κ3) is 5.20. The van der Waals surface area contributed by atoms with E-state index in [0.29, 0.717) is 43.6 Å². The summed E-state index contributed by atoms with van der Waals surface area (Å²) in [6.07, 6.45) is -2.51. The normalized spacial score (nSPS) is 15.6. The first kappa shape index (κ1) is 18.8. The van der Waals surface area contributed by atoms with Gasteiger partial charge in [0.15, 0.2) is 0 Å². The van der Waals surface area contributed by atoms with Crippen molar-refractivity contribution >= 4 is 17.6 Å². The van der Waals surface area contributed by atoms with E-state index in [1.807, 2.05) is 4.90 Å². The first-order chi connectivity index (χ1) is 11.7. The number of carbonyl (C=O) groups excluding carboxylic acids is 2. The summed E-state index contributed by atoms with van der Waals surface area (Å²) in [5.74, 6) is -0.143. The van der Waals surface area contributed by atoms with Crippen molar-refractivity contribution in [3.63, 3.8) is 0 Å². The molecule has 1 aliphatic rings. The summed E-state index contributed by atoms with van der Waals surface area (Å²) in [5, 5.41) is 0. The van der Waals surface area contributed by atoms with Crippen LogP contribution in [-0.2, 0) is 4.79 Å². The van der Waals surface area contributed by atoms with Crippen LogP contribution in [0.1, 0.15) is 10.4 Å². The van der Waals surface area contributed by atoms with Gasteiger partial charge in [0.05, 0.1) is 5.56 Å². The second-order valence-corrected chi connectivity index (χ2v) is 5.79. The maximum Gasteiger partial charge on any atom is 0.409 e. The van der Waals surface area contributed by atoms with Gasteiger partial charge < -0.3 is 14.7 Å². The third-order valence-corrected chi connectivity index (χ3v) is 3.73. The molecule has 1 aliphatic heterocycles. The molecular weight excluding hydrogens is 337 g/mol. The second-order valence-electron chi connectivity index (χ2n) is 5.79. The van der Waals surface area contributed by atoms with Crippen molar-refractivity contribution in [2.75, 3.05) is 45.2 Å². The highest BCUT2D eigenvalue weighted by Crippen LogP contribution is 2.17. The van der Waals surface area contributed by atoms with Crippen LogP contribution in [0.2, 0.25) is 0 Å². The van der Waals surface area contributed by atoms with Crippen LogP contribution < -0.4 is 4.90 Å². The first-order valence-electron chi connectivity index (χ1n) is 7.65.